The summed E-state index contributed by atoms with van der Waals surface area (Å²) in [4.78, 5) is 23.2. The van der Waals surface area contributed by atoms with Crippen molar-refractivity contribution in [3.05, 3.63) is 52.7 Å². The lowest BCUT2D eigenvalue weighted by atomic mass is 10.1. The molecule has 30 heavy (non-hydrogen) atoms. The molecular weight excluding hydrogens is 388 g/mol. The van der Waals surface area contributed by atoms with Crippen LogP contribution in [0, 0.1) is 0 Å². The van der Waals surface area contributed by atoms with Gasteiger partial charge in [0.15, 0.2) is 5.43 Å². The fraction of sp³-hybridized carbons (Fsp3) is 0.304. The molecule has 0 aliphatic rings. The number of hydrogen-bond donors (Lipinski definition) is 3. The lowest BCUT2D eigenvalue weighted by molar-refractivity contribution is -0.137. The molecule has 0 aliphatic heterocycles. The van der Waals surface area contributed by atoms with E-state index >= 15 is 0 Å². The number of aliphatic carboxylic acids is 1. The molecule has 0 spiro atoms. The fourth-order valence-corrected chi connectivity index (χ4v) is 3.21. The monoisotopic (exact) mass is 412 g/mol. The van der Waals surface area contributed by atoms with Crippen LogP contribution in [0.1, 0.15) is 38.5 Å². The molecule has 3 aromatic rings. The molecular formula is C23H24O7. The van der Waals surface area contributed by atoms with Crippen LogP contribution in [0.25, 0.3) is 22.3 Å². The molecule has 3 N–H and O–H groups in total. The minimum Gasteiger partial charge on any atom is -0.508 e. The van der Waals surface area contributed by atoms with Crippen molar-refractivity contribution in [1.29, 1.82) is 0 Å². The molecule has 0 saturated carbocycles. The van der Waals surface area contributed by atoms with Gasteiger partial charge >= 0.3 is 5.97 Å². The maximum absolute atomic E-state index is 12.7. The summed E-state index contributed by atoms with van der Waals surface area (Å²) < 4.78 is 11.6. The maximum Gasteiger partial charge on any atom is 0.303 e. The smallest absolute Gasteiger partial charge is 0.303 e. The van der Waals surface area contributed by atoms with Gasteiger partial charge in [-0.3, -0.25) is 9.59 Å². The highest BCUT2D eigenvalue weighted by Crippen LogP contribution is 2.32. The summed E-state index contributed by atoms with van der Waals surface area (Å²) in [5.74, 6) is -0.150. The van der Waals surface area contributed by atoms with Crippen molar-refractivity contribution in [2.75, 3.05) is 6.61 Å². The SMILES string of the molecule is O=C(O)CCCCCCCOc1cc(O)cc2oc(-c3ccc(O)cc3)cc(=O)c12. The van der Waals surface area contributed by atoms with Crippen molar-refractivity contribution in [3.8, 4) is 28.6 Å². The molecule has 0 unspecified atom stereocenters. The zero-order valence-electron chi connectivity index (χ0n) is 16.5. The van der Waals surface area contributed by atoms with E-state index in [1.54, 1.807) is 12.1 Å². The Morgan fingerprint density at radius 2 is 1.60 bits per heavy atom. The van der Waals surface area contributed by atoms with E-state index in [1.165, 1.54) is 30.3 Å². The van der Waals surface area contributed by atoms with Gasteiger partial charge in [-0.2, -0.15) is 0 Å². The first-order valence-corrected chi connectivity index (χ1v) is 9.89. The molecule has 7 heteroatoms. The highest BCUT2D eigenvalue weighted by molar-refractivity contribution is 5.86. The van der Waals surface area contributed by atoms with E-state index in [4.69, 9.17) is 14.3 Å². The Balaban J connectivity index is 1.69. The topological polar surface area (TPSA) is 117 Å². The number of benzene rings is 2. The van der Waals surface area contributed by atoms with Gasteiger partial charge in [0.1, 0.15) is 34.0 Å². The second-order valence-electron chi connectivity index (χ2n) is 7.10. The summed E-state index contributed by atoms with van der Waals surface area (Å²) in [6.45, 7) is 0.372. The molecule has 0 radical (unpaired) electrons. The fourth-order valence-electron chi connectivity index (χ4n) is 3.21. The highest BCUT2D eigenvalue weighted by atomic mass is 16.5. The number of rotatable bonds is 10. The van der Waals surface area contributed by atoms with E-state index in [0.717, 1.165) is 25.7 Å². The zero-order valence-corrected chi connectivity index (χ0v) is 16.5. The summed E-state index contributed by atoms with van der Waals surface area (Å²) in [5.41, 5.74) is 0.553. The predicted molar refractivity (Wildman–Crippen MR) is 112 cm³/mol. The van der Waals surface area contributed by atoms with Crippen LogP contribution in [-0.4, -0.2) is 27.9 Å². The van der Waals surface area contributed by atoms with Gasteiger partial charge in [-0.25, -0.2) is 0 Å². The van der Waals surface area contributed by atoms with Crippen LogP contribution >= 0.6 is 0 Å². The normalized spacial score (nSPS) is 10.9. The third-order valence-corrected chi connectivity index (χ3v) is 4.72. The number of phenols is 2. The number of carboxylic acids is 1. The van der Waals surface area contributed by atoms with Crippen molar-refractivity contribution in [3.63, 3.8) is 0 Å². The molecule has 0 fully saturated rings. The third-order valence-electron chi connectivity index (χ3n) is 4.72. The lowest BCUT2D eigenvalue weighted by Crippen LogP contribution is -2.05. The Bertz CT molecular complexity index is 1070. The van der Waals surface area contributed by atoms with Crippen LogP contribution < -0.4 is 10.2 Å². The van der Waals surface area contributed by atoms with E-state index in [9.17, 15) is 19.8 Å². The van der Waals surface area contributed by atoms with Crippen LogP contribution in [0.5, 0.6) is 17.2 Å². The van der Waals surface area contributed by atoms with Gasteiger partial charge in [0, 0.05) is 30.2 Å². The first-order valence-electron chi connectivity index (χ1n) is 9.89. The number of aromatic hydroxyl groups is 2. The lowest BCUT2D eigenvalue weighted by Gasteiger charge is -2.10. The molecule has 158 valence electrons. The van der Waals surface area contributed by atoms with Gasteiger partial charge in [-0.1, -0.05) is 19.3 Å². The summed E-state index contributed by atoms with van der Waals surface area (Å²) in [7, 11) is 0. The first-order chi connectivity index (χ1) is 14.4. The van der Waals surface area contributed by atoms with Gasteiger partial charge in [0.25, 0.3) is 0 Å². The van der Waals surface area contributed by atoms with Crippen molar-refractivity contribution in [2.45, 2.75) is 38.5 Å². The minimum atomic E-state index is -0.776. The van der Waals surface area contributed by atoms with Crippen LogP contribution in [0.15, 0.2) is 51.7 Å². The summed E-state index contributed by atoms with van der Waals surface area (Å²) >= 11 is 0. The number of carboxylic acid groups (broad SMARTS) is 1. The van der Waals surface area contributed by atoms with Crippen LogP contribution in [0.3, 0.4) is 0 Å². The Morgan fingerprint density at radius 1 is 0.900 bits per heavy atom. The van der Waals surface area contributed by atoms with Gasteiger partial charge in [-0.05, 0) is 37.1 Å². The van der Waals surface area contributed by atoms with Crippen molar-refractivity contribution in [1.82, 2.24) is 0 Å². The molecule has 7 nitrogen and oxygen atoms in total. The summed E-state index contributed by atoms with van der Waals surface area (Å²) in [5, 5.41) is 28.3. The minimum absolute atomic E-state index is 0.0721. The average molecular weight is 412 g/mol. The number of fused-ring (bicyclic) bond motifs is 1. The molecule has 1 aromatic heterocycles. The summed E-state index contributed by atoms with van der Waals surface area (Å²) in [6, 6.07) is 10.4. The first kappa shape index (κ1) is 21.2. The van der Waals surface area contributed by atoms with Crippen molar-refractivity contribution >= 4 is 16.9 Å². The molecule has 3 rings (SSSR count). The standard InChI is InChI=1S/C23H24O7/c24-16-9-7-15(8-10-16)19-14-18(26)23-20(12-17(25)13-21(23)30-19)29-11-5-3-1-2-4-6-22(27)28/h7-10,12-14,24-25H,1-6,11H2,(H,27,28). The third kappa shape index (κ3) is 5.53. The van der Waals surface area contributed by atoms with E-state index in [0.29, 0.717) is 24.4 Å². The maximum atomic E-state index is 12.7. The van der Waals surface area contributed by atoms with E-state index in [2.05, 4.69) is 0 Å². The Morgan fingerprint density at radius 3 is 2.33 bits per heavy atom. The largest absolute Gasteiger partial charge is 0.508 e. The van der Waals surface area contributed by atoms with Gasteiger partial charge < -0.3 is 24.5 Å². The molecule has 0 aliphatic carbocycles. The van der Waals surface area contributed by atoms with Crippen LogP contribution in [0.2, 0.25) is 0 Å². The quantitative estimate of drug-likeness (QED) is 0.414. The van der Waals surface area contributed by atoms with Crippen LogP contribution in [0.4, 0.5) is 0 Å². The molecule has 0 amide bonds. The van der Waals surface area contributed by atoms with E-state index < -0.39 is 5.97 Å². The average Bonchev–Trinajstić information content (AvgIpc) is 2.69. The summed E-state index contributed by atoms with van der Waals surface area (Å²) in [6.07, 6.45) is 4.25. The van der Waals surface area contributed by atoms with Crippen molar-refractivity contribution < 1.29 is 29.3 Å². The predicted octanol–water partition coefficient (Wildman–Crippen LogP) is 4.68. The number of carbonyl (C=O) groups is 1. The van der Waals surface area contributed by atoms with Gasteiger partial charge in [0.2, 0.25) is 0 Å². The second kappa shape index (κ2) is 9.82. The highest BCUT2D eigenvalue weighted by Gasteiger charge is 2.14. The molecule has 0 atom stereocenters. The zero-order chi connectivity index (χ0) is 21.5. The van der Waals surface area contributed by atoms with Crippen LogP contribution in [-0.2, 0) is 4.79 Å². The molecule has 0 bridgehead atoms. The Labute approximate surface area is 173 Å². The number of ether oxygens (including phenoxy) is 1. The molecule has 2 aromatic carbocycles. The number of hydrogen-bond acceptors (Lipinski definition) is 6. The van der Waals surface area contributed by atoms with Crippen molar-refractivity contribution in [2.24, 2.45) is 0 Å². The Hall–Kier alpha value is -3.48. The number of phenolic OH excluding ortho intramolecular Hbond substituents is 2. The number of unbranched alkanes of at least 4 members (excludes halogenated alkanes) is 4. The van der Waals surface area contributed by atoms with Gasteiger partial charge in [-0.15, -0.1) is 0 Å². The van der Waals surface area contributed by atoms with Gasteiger partial charge in [0.05, 0.1) is 6.61 Å². The van der Waals surface area contributed by atoms with E-state index in [1.807, 2.05) is 0 Å². The van der Waals surface area contributed by atoms with E-state index in [-0.39, 0.29) is 40.1 Å². The Kier molecular flexibility index (Phi) is 6.95. The second-order valence-corrected chi connectivity index (χ2v) is 7.10. The molecule has 0 saturated heterocycles. The molecule has 1 heterocycles.